The molecule has 4 fully saturated rings. The number of nitrogens with zero attached hydrogens (tertiary/aromatic N) is 4. The maximum Gasteiger partial charge on any atom is 0.125 e. The molecule has 122 valence electrons. The first-order valence-electron chi connectivity index (χ1n) is 8.82. The van der Waals surface area contributed by atoms with E-state index in [1.54, 1.807) is 0 Å². The van der Waals surface area contributed by atoms with Gasteiger partial charge in [0.05, 0.1) is 18.1 Å². The Morgan fingerprint density at radius 3 is 2.30 bits per heavy atom. The second-order valence-corrected chi connectivity index (χ2v) is 8.62. The summed E-state index contributed by atoms with van der Waals surface area (Å²) < 4.78 is 0. The van der Waals surface area contributed by atoms with Crippen LogP contribution in [0.2, 0.25) is 0 Å². The molecule has 2 aliphatic heterocycles. The Hall–Kier alpha value is -1.49. The standard InChI is InChI=1S/C18H24N4O/c1-13-19-6-16(7-20-13)22-11-18(12-22)9-21(10-18)15-4-17(5-15)2-14(3-17)8-23/h6-8,14-15H,2-5,9-12H2,1H3. The molecule has 2 spiro atoms. The molecule has 3 heterocycles. The zero-order chi connectivity index (χ0) is 15.7. The summed E-state index contributed by atoms with van der Waals surface area (Å²) in [6.07, 6.45) is 10.0. The second kappa shape index (κ2) is 4.53. The molecule has 2 aliphatic carbocycles. The largest absolute Gasteiger partial charge is 0.368 e. The van der Waals surface area contributed by atoms with Gasteiger partial charge >= 0.3 is 0 Å². The fraction of sp³-hybridized carbons (Fsp3) is 0.722. The minimum absolute atomic E-state index is 0.371. The smallest absolute Gasteiger partial charge is 0.125 e. The molecule has 0 N–H and O–H groups in total. The van der Waals surface area contributed by atoms with Gasteiger partial charge in [-0.25, -0.2) is 9.97 Å². The SMILES string of the molecule is Cc1ncc(N2CC3(C2)CN(C2CC4(CC(C=O)C4)C2)C3)cn1. The van der Waals surface area contributed by atoms with Crippen LogP contribution in [-0.4, -0.2) is 53.4 Å². The van der Waals surface area contributed by atoms with Gasteiger partial charge in [-0.3, -0.25) is 4.90 Å². The molecule has 4 aliphatic rings. The van der Waals surface area contributed by atoms with E-state index in [2.05, 4.69) is 19.8 Å². The van der Waals surface area contributed by atoms with Gasteiger partial charge in [0.25, 0.3) is 0 Å². The monoisotopic (exact) mass is 312 g/mol. The Kier molecular flexibility index (Phi) is 2.74. The van der Waals surface area contributed by atoms with Crippen molar-refractivity contribution in [1.29, 1.82) is 0 Å². The molecule has 23 heavy (non-hydrogen) atoms. The van der Waals surface area contributed by atoms with Crippen LogP contribution >= 0.6 is 0 Å². The van der Waals surface area contributed by atoms with E-state index in [0.717, 1.165) is 49.8 Å². The van der Waals surface area contributed by atoms with Crippen LogP contribution in [0.4, 0.5) is 5.69 Å². The van der Waals surface area contributed by atoms with E-state index in [1.807, 2.05) is 19.3 Å². The quantitative estimate of drug-likeness (QED) is 0.795. The molecule has 2 saturated heterocycles. The van der Waals surface area contributed by atoms with Crippen molar-refractivity contribution in [3.63, 3.8) is 0 Å². The van der Waals surface area contributed by atoms with Crippen LogP contribution in [0.1, 0.15) is 31.5 Å². The highest BCUT2D eigenvalue weighted by atomic mass is 16.1. The number of likely N-dealkylation sites (tertiary alicyclic amines) is 1. The van der Waals surface area contributed by atoms with Crippen molar-refractivity contribution in [3.8, 4) is 0 Å². The minimum Gasteiger partial charge on any atom is -0.368 e. The number of anilines is 1. The number of hydrogen-bond donors (Lipinski definition) is 0. The summed E-state index contributed by atoms with van der Waals surface area (Å²) in [7, 11) is 0. The lowest BCUT2D eigenvalue weighted by molar-refractivity contribution is -0.149. The first-order chi connectivity index (χ1) is 11.1. The fourth-order valence-corrected chi connectivity index (χ4v) is 5.45. The highest BCUT2D eigenvalue weighted by Gasteiger charge is 2.59. The molecule has 2 saturated carbocycles. The first-order valence-corrected chi connectivity index (χ1v) is 8.82. The van der Waals surface area contributed by atoms with E-state index < -0.39 is 0 Å². The van der Waals surface area contributed by atoms with E-state index in [4.69, 9.17) is 0 Å². The minimum atomic E-state index is 0.371. The van der Waals surface area contributed by atoms with E-state index in [9.17, 15) is 4.79 Å². The molecule has 0 amide bonds. The van der Waals surface area contributed by atoms with Gasteiger partial charge in [-0.2, -0.15) is 0 Å². The van der Waals surface area contributed by atoms with Crippen molar-refractivity contribution in [1.82, 2.24) is 14.9 Å². The number of aryl methyl sites for hydroxylation is 1. The van der Waals surface area contributed by atoms with Gasteiger partial charge < -0.3 is 9.69 Å². The molecule has 5 nitrogen and oxygen atoms in total. The fourth-order valence-electron chi connectivity index (χ4n) is 5.45. The third kappa shape index (κ3) is 2.05. The van der Waals surface area contributed by atoms with Crippen molar-refractivity contribution >= 4 is 12.0 Å². The summed E-state index contributed by atoms with van der Waals surface area (Å²) in [5, 5.41) is 0. The molecular formula is C18H24N4O. The zero-order valence-electron chi connectivity index (χ0n) is 13.7. The number of rotatable bonds is 3. The van der Waals surface area contributed by atoms with Gasteiger partial charge in [-0.15, -0.1) is 0 Å². The van der Waals surface area contributed by atoms with Gasteiger partial charge in [0.2, 0.25) is 0 Å². The maximum absolute atomic E-state index is 10.8. The molecular weight excluding hydrogens is 288 g/mol. The third-order valence-electron chi connectivity index (χ3n) is 6.70. The number of carbonyl (C=O) groups excluding carboxylic acids is 1. The Bertz CT molecular complexity index is 615. The Balaban J connectivity index is 1.10. The van der Waals surface area contributed by atoms with Crippen molar-refractivity contribution in [2.75, 3.05) is 31.1 Å². The highest BCUT2D eigenvalue weighted by molar-refractivity contribution is 5.56. The number of carbonyl (C=O) groups is 1. The van der Waals surface area contributed by atoms with Crippen molar-refractivity contribution < 1.29 is 4.79 Å². The lowest BCUT2D eigenvalue weighted by Crippen LogP contribution is -2.75. The van der Waals surface area contributed by atoms with Crippen LogP contribution in [0.15, 0.2) is 12.4 Å². The van der Waals surface area contributed by atoms with Gasteiger partial charge in [-0.1, -0.05) is 0 Å². The number of hydrogen-bond acceptors (Lipinski definition) is 5. The average Bonchev–Trinajstić information content (AvgIpc) is 2.37. The van der Waals surface area contributed by atoms with Crippen molar-refractivity contribution in [3.05, 3.63) is 18.2 Å². The third-order valence-corrected chi connectivity index (χ3v) is 6.70. The van der Waals surface area contributed by atoms with Crippen LogP contribution in [0.5, 0.6) is 0 Å². The molecule has 0 aromatic carbocycles. The van der Waals surface area contributed by atoms with E-state index in [1.165, 1.54) is 25.9 Å². The zero-order valence-corrected chi connectivity index (χ0v) is 13.7. The van der Waals surface area contributed by atoms with Crippen LogP contribution in [0.3, 0.4) is 0 Å². The van der Waals surface area contributed by atoms with Crippen LogP contribution in [0.25, 0.3) is 0 Å². The maximum atomic E-state index is 10.8. The average molecular weight is 312 g/mol. The number of aldehydes is 1. The van der Waals surface area contributed by atoms with E-state index in [0.29, 0.717) is 16.7 Å². The summed E-state index contributed by atoms with van der Waals surface area (Å²) in [6, 6.07) is 0.796. The molecule has 5 heteroatoms. The Labute approximate surface area is 137 Å². The van der Waals surface area contributed by atoms with Gasteiger partial charge in [-0.05, 0) is 38.0 Å². The van der Waals surface area contributed by atoms with Crippen LogP contribution in [-0.2, 0) is 4.79 Å². The summed E-state index contributed by atoms with van der Waals surface area (Å²) in [6.45, 7) is 6.75. The predicted octanol–water partition coefficient (Wildman–Crippen LogP) is 1.66. The molecule has 5 rings (SSSR count). The second-order valence-electron chi connectivity index (χ2n) is 8.62. The normalized spacial score (nSPS) is 37.7. The van der Waals surface area contributed by atoms with Crippen molar-refractivity contribution in [2.45, 2.75) is 38.6 Å². The van der Waals surface area contributed by atoms with E-state index >= 15 is 0 Å². The molecule has 0 radical (unpaired) electrons. The Morgan fingerprint density at radius 1 is 1.04 bits per heavy atom. The topological polar surface area (TPSA) is 49.3 Å². The summed E-state index contributed by atoms with van der Waals surface area (Å²) in [5.41, 5.74) is 2.25. The molecule has 1 aromatic heterocycles. The lowest BCUT2D eigenvalue weighted by atomic mass is 9.49. The summed E-state index contributed by atoms with van der Waals surface area (Å²) >= 11 is 0. The first kappa shape index (κ1) is 13.9. The Morgan fingerprint density at radius 2 is 1.70 bits per heavy atom. The highest BCUT2D eigenvalue weighted by Crippen LogP contribution is 2.60. The van der Waals surface area contributed by atoms with Gasteiger partial charge in [0, 0.05) is 43.6 Å². The van der Waals surface area contributed by atoms with Crippen LogP contribution < -0.4 is 4.90 Å². The van der Waals surface area contributed by atoms with Gasteiger partial charge in [0.1, 0.15) is 12.1 Å². The molecule has 1 aromatic rings. The molecule has 0 unspecified atom stereocenters. The van der Waals surface area contributed by atoms with Crippen molar-refractivity contribution in [2.24, 2.45) is 16.7 Å². The lowest BCUT2D eigenvalue weighted by Gasteiger charge is -2.67. The summed E-state index contributed by atoms with van der Waals surface area (Å²) in [4.78, 5) is 24.4. The number of aromatic nitrogens is 2. The van der Waals surface area contributed by atoms with E-state index in [-0.39, 0.29) is 0 Å². The van der Waals surface area contributed by atoms with Crippen LogP contribution in [0, 0.1) is 23.7 Å². The predicted molar refractivity (Wildman–Crippen MR) is 87.2 cm³/mol. The van der Waals surface area contributed by atoms with Gasteiger partial charge in [0.15, 0.2) is 0 Å². The molecule has 0 bridgehead atoms. The molecule has 0 atom stereocenters. The summed E-state index contributed by atoms with van der Waals surface area (Å²) in [5.74, 6) is 1.21.